The molecule has 2 aliphatic rings. The topological polar surface area (TPSA) is 141 Å². The first-order valence-electron chi connectivity index (χ1n) is 8.78. The number of sulfone groups is 1. The van der Waals surface area contributed by atoms with E-state index < -0.39 is 54.9 Å². The minimum atomic E-state index is -4.12. The van der Waals surface area contributed by atoms with Gasteiger partial charge in [0.25, 0.3) is 0 Å². The van der Waals surface area contributed by atoms with Crippen LogP contribution in [-0.2, 0) is 36.0 Å². The highest BCUT2D eigenvalue weighted by Gasteiger charge is 2.63. The molecule has 3 heterocycles. The fraction of sp³-hybridized carbons (Fsp3) is 0.625. The number of rotatable bonds is 5. The van der Waals surface area contributed by atoms with Gasteiger partial charge in [-0.15, -0.1) is 16.7 Å². The highest BCUT2D eigenvalue weighted by molar-refractivity contribution is 8.14. The van der Waals surface area contributed by atoms with Gasteiger partial charge in [0.1, 0.15) is 16.6 Å². The second-order valence-corrected chi connectivity index (χ2v) is 11.8. The summed E-state index contributed by atoms with van der Waals surface area (Å²) in [5, 5.41) is 8.39. The van der Waals surface area contributed by atoms with E-state index in [9.17, 15) is 22.8 Å². The average Bonchev–Trinajstić information content (AvgIpc) is 3.04. The number of hydrogen-bond donors (Lipinski definition) is 0. The summed E-state index contributed by atoms with van der Waals surface area (Å²) in [5.41, 5.74) is -1.08. The van der Waals surface area contributed by atoms with Crippen molar-refractivity contribution in [1.29, 1.82) is 0 Å². The normalized spacial score (nSPS) is 25.6. The number of ketones is 1. The van der Waals surface area contributed by atoms with E-state index in [-0.39, 0.29) is 16.4 Å². The molecule has 164 valence electrons. The van der Waals surface area contributed by atoms with Gasteiger partial charge in [-0.05, 0) is 10.4 Å². The van der Waals surface area contributed by atoms with Gasteiger partial charge >= 0.3 is 5.97 Å². The Morgan fingerprint density at radius 3 is 2.43 bits per heavy atom. The van der Waals surface area contributed by atoms with Gasteiger partial charge in [-0.3, -0.25) is 19.3 Å². The quantitative estimate of drug-likeness (QED) is 0.329. The number of aromatic nitrogens is 4. The number of thioether (sulfide) groups is 1. The predicted molar refractivity (Wildman–Crippen MR) is 106 cm³/mol. The highest BCUT2D eigenvalue weighted by atomic mass is 35.5. The first-order valence-corrected chi connectivity index (χ1v) is 11.7. The van der Waals surface area contributed by atoms with Gasteiger partial charge in [0.2, 0.25) is 11.1 Å². The lowest BCUT2D eigenvalue weighted by Crippen LogP contribution is -2.70. The van der Waals surface area contributed by atoms with E-state index in [1.54, 1.807) is 20.8 Å². The number of aryl methyl sites for hydroxylation is 1. The predicted octanol–water partition coefficient (Wildman–Crippen LogP) is 0.265. The number of carbonyl (C=O) groups excluding carboxylic acids is 3. The molecule has 1 amide bonds. The maximum absolute atomic E-state index is 13.4. The summed E-state index contributed by atoms with van der Waals surface area (Å²) < 4.78 is 31.7. The van der Waals surface area contributed by atoms with Gasteiger partial charge in [0.05, 0.1) is 5.70 Å². The molecule has 11 nitrogen and oxygen atoms in total. The molecule has 14 heteroatoms. The molecule has 0 bridgehead atoms. The van der Waals surface area contributed by atoms with Gasteiger partial charge in [0, 0.05) is 25.0 Å². The highest BCUT2D eigenvalue weighted by Crippen LogP contribution is 2.48. The Morgan fingerprint density at radius 2 is 1.93 bits per heavy atom. The molecule has 1 aromatic rings. The molecule has 3 atom stereocenters. The van der Waals surface area contributed by atoms with E-state index in [0.717, 1.165) is 23.6 Å². The molecular weight excluding hydrogens is 458 g/mol. The molecule has 0 saturated carbocycles. The summed E-state index contributed by atoms with van der Waals surface area (Å²) in [5.74, 6) is -1.83. The Balaban J connectivity index is 2.24. The number of esters is 1. The number of alkyl halides is 1. The number of β-lactam (4-membered cyclic amide) rings is 1. The van der Waals surface area contributed by atoms with E-state index in [2.05, 4.69) is 15.5 Å². The van der Waals surface area contributed by atoms with Gasteiger partial charge in [-0.2, -0.15) is 0 Å². The lowest BCUT2D eigenvalue weighted by atomic mass is 9.86. The van der Waals surface area contributed by atoms with Crippen LogP contribution in [0.25, 0.3) is 0 Å². The van der Waals surface area contributed by atoms with Crippen molar-refractivity contribution in [2.75, 3.05) is 6.61 Å². The molecule has 3 rings (SSSR count). The first-order chi connectivity index (χ1) is 13.8. The van der Waals surface area contributed by atoms with Crippen LogP contribution >= 0.6 is 23.4 Å². The molecule has 0 N–H and O–H groups in total. The summed E-state index contributed by atoms with van der Waals surface area (Å²) in [7, 11) is -2.60. The van der Waals surface area contributed by atoms with E-state index in [0.29, 0.717) is 0 Å². The summed E-state index contributed by atoms with van der Waals surface area (Å²) in [6, 6.07) is 0. The SMILES string of the molecule is CC(=O)OCC1=C(C(=O)C(C)(C)C)N2C(=O)[C@H](Cl)[C@@H]2S(=O)(=O)C1Sc1nnnn1C. The molecule has 0 radical (unpaired) electrons. The van der Waals surface area contributed by atoms with Crippen molar-refractivity contribution in [3.63, 3.8) is 0 Å². The van der Waals surface area contributed by atoms with Crippen molar-refractivity contribution in [3.8, 4) is 0 Å². The zero-order valence-electron chi connectivity index (χ0n) is 16.8. The lowest BCUT2D eigenvalue weighted by Gasteiger charge is -2.50. The van der Waals surface area contributed by atoms with Crippen molar-refractivity contribution >= 4 is 50.9 Å². The largest absolute Gasteiger partial charge is 0.461 e. The van der Waals surface area contributed by atoms with Crippen LogP contribution in [0.2, 0.25) is 0 Å². The fourth-order valence-electron chi connectivity index (χ4n) is 3.05. The van der Waals surface area contributed by atoms with Crippen molar-refractivity contribution in [1.82, 2.24) is 25.1 Å². The number of ether oxygens (including phenoxy) is 1. The Morgan fingerprint density at radius 1 is 1.30 bits per heavy atom. The summed E-state index contributed by atoms with van der Waals surface area (Å²) in [6.07, 6.45) is 0. The minimum absolute atomic E-state index is 0.0220. The third kappa shape index (κ3) is 3.62. The zero-order chi connectivity index (χ0) is 22.6. The van der Waals surface area contributed by atoms with Crippen LogP contribution in [0.3, 0.4) is 0 Å². The number of carbonyl (C=O) groups is 3. The molecule has 1 fully saturated rings. The average molecular weight is 478 g/mol. The standard InChI is InChI=1S/C16H20ClN5O6S2/c1-7(23)28-6-8-10(11(24)16(2,3)4)22-12(25)9(17)13(22)30(26,27)14(8)29-15-18-19-20-21(15)5/h9,13-14H,6H2,1-5H3/t9-,13-,14?/m0/s1. The van der Waals surface area contributed by atoms with Crippen LogP contribution in [0.15, 0.2) is 16.4 Å². The van der Waals surface area contributed by atoms with Crippen molar-refractivity contribution < 1.29 is 27.5 Å². The molecule has 30 heavy (non-hydrogen) atoms. The maximum Gasteiger partial charge on any atom is 0.302 e. The smallest absolute Gasteiger partial charge is 0.302 e. The molecule has 1 saturated heterocycles. The van der Waals surface area contributed by atoms with E-state index in [1.807, 2.05) is 0 Å². The molecule has 1 aromatic heterocycles. The summed E-state index contributed by atoms with van der Waals surface area (Å²) >= 11 is 6.83. The van der Waals surface area contributed by atoms with Crippen LogP contribution in [-0.4, -0.2) is 73.1 Å². The molecule has 1 unspecified atom stereocenters. The van der Waals surface area contributed by atoms with Gasteiger partial charge in [-0.25, -0.2) is 13.1 Å². The molecule has 2 aliphatic heterocycles. The number of Topliss-reactive ketones (excluding diaryl/α,β-unsaturated/α-hetero) is 1. The van der Waals surface area contributed by atoms with E-state index >= 15 is 0 Å². The number of tetrazole rings is 1. The van der Waals surface area contributed by atoms with Crippen LogP contribution in [0.1, 0.15) is 27.7 Å². The fourth-order valence-corrected chi connectivity index (χ4v) is 7.40. The number of hydrogen-bond acceptors (Lipinski definition) is 10. The Labute approximate surface area is 182 Å². The van der Waals surface area contributed by atoms with Crippen LogP contribution in [0.5, 0.6) is 0 Å². The van der Waals surface area contributed by atoms with E-state index in [4.69, 9.17) is 16.3 Å². The lowest BCUT2D eigenvalue weighted by molar-refractivity contribution is -0.142. The number of nitrogens with zero attached hydrogens (tertiary/aromatic N) is 5. The third-order valence-corrected chi connectivity index (χ3v) is 9.32. The van der Waals surface area contributed by atoms with Crippen molar-refractivity contribution in [2.45, 2.75) is 48.2 Å². The Bertz CT molecular complexity index is 1060. The number of fused-ring (bicyclic) bond motifs is 1. The van der Waals surface area contributed by atoms with Crippen molar-refractivity contribution in [2.24, 2.45) is 12.5 Å². The molecule has 0 spiro atoms. The summed E-state index contributed by atoms with van der Waals surface area (Å²) in [4.78, 5) is 38.1. The third-order valence-electron chi connectivity index (χ3n) is 4.56. The maximum atomic E-state index is 13.4. The number of amides is 1. The monoisotopic (exact) mass is 477 g/mol. The van der Waals surface area contributed by atoms with Crippen LogP contribution < -0.4 is 0 Å². The molecule has 0 aliphatic carbocycles. The van der Waals surface area contributed by atoms with Gasteiger partial charge < -0.3 is 4.74 Å². The van der Waals surface area contributed by atoms with Crippen LogP contribution in [0.4, 0.5) is 0 Å². The minimum Gasteiger partial charge on any atom is -0.461 e. The Kier molecular flexibility index (Phi) is 5.75. The molecule has 0 aromatic carbocycles. The first kappa shape index (κ1) is 22.7. The second kappa shape index (κ2) is 7.61. The second-order valence-electron chi connectivity index (χ2n) is 7.86. The van der Waals surface area contributed by atoms with Gasteiger partial charge in [-0.1, -0.05) is 32.5 Å². The van der Waals surface area contributed by atoms with E-state index in [1.165, 1.54) is 11.7 Å². The summed E-state index contributed by atoms with van der Waals surface area (Å²) in [6.45, 7) is 5.59. The van der Waals surface area contributed by atoms with Gasteiger partial charge in [0.15, 0.2) is 21.0 Å². The number of allylic oxidation sites excluding steroid dienone is 1. The molecular formula is C16H20ClN5O6S2. The zero-order valence-corrected chi connectivity index (χ0v) is 19.2. The number of halogens is 1. The van der Waals surface area contributed by atoms with Crippen molar-refractivity contribution in [3.05, 3.63) is 11.3 Å². The Hall–Kier alpha value is -1.99. The van der Waals surface area contributed by atoms with Crippen LogP contribution in [0, 0.1) is 5.41 Å².